The lowest BCUT2D eigenvalue weighted by Crippen LogP contribution is -2.27. The molecular weight excluding hydrogens is 266 g/mol. The number of rotatable bonds is 9. The van der Waals surface area contributed by atoms with Crippen LogP contribution in [0.1, 0.15) is 45.2 Å². The predicted molar refractivity (Wildman–Crippen MR) is 86.6 cm³/mol. The van der Waals surface area contributed by atoms with Crippen LogP contribution in [0, 0.1) is 5.92 Å². The van der Waals surface area contributed by atoms with Gasteiger partial charge in [-0.1, -0.05) is 27.2 Å². The first-order valence-electron chi connectivity index (χ1n) is 7.66. The minimum Gasteiger partial charge on any atom is -0.493 e. The molecule has 21 heavy (non-hydrogen) atoms. The second-order valence-electron chi connectivity index (χ2n) is 5.26. The molecule has 0 spiro atoms. The molecule has 1 N–H and O–H groups in total. The molecule has 2 atom stereocenters. The highest BCUT2D eigenvalue weighted by Crippen LogP contribution is 2.41. The molecule has 4 nitrogen and oxygen atoms in total. The van der Waals surface area contributed by atoms with Crippen molar-refractivity contribution in [1.82, 2.24) is 5.32 Å². The van der Waals surface area contributed by atoms with Crippen molar-refractivity contribution >= 4 is 0 Å². The summed E-state index contributed by atoms with van der Waals surface area (Å²) in [6, 6.07) is 4.37. The lowest BCUT2D eigenvalue weighted by atomic mass is 9.90. The van der Waals surface area contributed by atoms with Crippen molar-refractivity contribution in [3.63, 3.8) is 0 Å². The summed E-state index contributed by atoms with van der Waals surface area (Å²) in [6.07, 6.45) is 2.35. The summed E-state index contributed by atoms with van der Waals surface area (Å²) >= 11 is 0. The molecule has 2 unspecified atom stereocenters. The van der Waals surface area contributed by atoms with Gasteiger partial charge in [-0.2, -0.15) is 0 Å². The van der Waals surface area contributed by atoms with E-state index in [0.29, 0.717) is 23.2 Å². The quantitative estimate of drug-likeness (QED) is 0.752. The van der Waals surface area contributed by atoms with Crippen LogP contribution in [0.25, 0.3) is 0 Å². The second kappa shape index (κ2) is 8.78. The highest BCUT2D eigenvalue weighted by atomic mass is 16.5. The molecule has 0 aliphatic rings. The Morgan fingerprint density at radius 3 is 1.95 bits per heavy atom. The Balaban J connectivity index is 3.24. The molecule has 0 saturated heterocycles. The molecule has 0 bridgehead atoms. The predicted octanol–water partition coefficient (Wildman–Crippen LogP) is 3.80. The third kappa shape index (κ3) is 4.27. The van der Waals surface area contributed by atoms with Crippen molar-refractivity contribution < 1.29 is 14.2 Å². The van der Waals surface area contributed by atoms with Gasteiger partial charge in [0.15, 0.2) is 11.5 Å². The van der Waals surface area contributed by atoms with E-state index in [-0.39, 0.29) is 6.04 Å². The lowest BCUT2D eigenvalue weighted by Gasteiger charge is -2.26. The molecule has 0 aliphatic heterocycles. The zero-order valence-electron chi connectivity index (χ0n) is 14.2. The molecule has 0 fully saturated rings. The molecule has 0 heterocycles. The van der Waals surface area contributed by atoms with E-state index >= 15 is 0 Å². The van der Waals surface area contributed by atoms with E-state index in [2.05, 4.69) is 26.1 Å². The second-order valence-corrected chi connectivity index (χ2v) is 5.26. The largest absolute Gasteiger partial charge is 0.493 e. The van der Waals surface area contributed by atoms with Crippen LogP contribution in [0.15, 0.2) is 12.1 Å². The Morgan fingerprint density at radius 1 is 1.00 bits per heavy atom. The maximum Gasteiger partial charge on any atom is 0.203 e. The third-order valence-corrected chi connectivity index (χ3v) is 3.78. The summed E-state index contributed by atoms with van der Waals surface area (Å²) in [6.45, 7) is 7.55. The Labute approximate surface area is 128 Å². The van der Waals surface area contributed by atoms with Crippen molar-refractivity contribution in [2.24, 2.45) is 5.92 Å². The maximum absolute atomic E-state index is 5.45. The molecule has 0 aliphatic carbocycles. The van der Waals surface area contributed by atoms with Crippen molar-refractivity contribution in [2.75, 3.05) is 27.9 Å². The van der Waals surface area contributed by atoms with Crippen LogP contribution in [0.3, 0.4) is 0 Å². The topological polar surface area (TPSA) is 39.7 Å². The first kappa shape index (κ1) is 17.6. The lowest BCUT2D eigenvalue weighted by molar-refractivity contribution is 0.319. The fourth-order valence-corrected chi connectivity index (χ4v) is 2.77. The van der Waals surface area contributed by atoms with Gasteiger partial charge < -0.3 is 19.5 Å². The minimum absolute atomic E-state index is 0.281. The highest BCUT2D eigenvalue weighted by molar-refractivity contribution is 5.54. The SMILES string of the molecule is CCCC(C)C(NCC)c1cc(OC)c(OC)c(OC)c1. The average molecular weight is 295 g/mol. The van der Waals surface area contributed by atoms with Gasteiger partial charge in [0.1, 0.15) is 0 Å². The van der Waals surface area contributed by atoms with Crippen molar-refractivity contribution in [3.8, 4) is 17.2 Å². The van der Waals surface area contributed by atoms with E-state index in [1.54, 1.807) is 21.3 Å². The molecule has 4 heteroatoms. The highest BCUT2D eigenvalue weighted by Gasteiger charge is 2.22. The van der Waals surface area contributed by atoms with E-state index in [1.165, 1.54) is 18.4 Å². The molecule has 1 rings (SSSR count). The van der Waals surface area contributed by atoms with Crippen molar-refractivity contribution in [1.29, 1.82) is 0 Å². The van der Waals surface area contributed by atoms with Crippen molar-refractivity contribution in [3.05, 3.63) is 17.7 Å². The van der Waals surface area contributed by atoms with Gasteiger partial charge in [0.05, 0.1) is 21.3 Å². The number of benzene rings is 1. The summed E-state index contributed by atoms with van der Waals surface area (Å²) < 4.78 is 16.3. The van der Waals surface area contributed by atoms with Gasteiger partial charge in [0.25, 0.3) is 0 Å². The fourth-order valence-electron chi connectivity index (χ4n) is 2.77. The summed E-state index contributed by atoms with van der Waals surface area (Å²) in [7, 11) is 4.93. The molecule has 1 aromatic carbocycles. The van der Waals surface area contributed by atoms with Crippen LogP contribution in [0.4, 0.5) is 0 Å². The smallest absolute Gasteiger partial charge is 0.203 e. The Kier molecular flexibility index (Phi) is 7.37. The Hall–Kier alpha value is -1.42. The maximum atomic E-state index is 5.45. The van der Waals surface area contributed by atoms with Gasteiger partial charge >= 0.3 is 0 Å². The standard InChI is InChI=1S/C17H29NO3/c1-7-9-12(3)16(18-8-2)13-10-14(19-4)17(21-6)15(11-13)20-5/h10-12,16,18H,7-9H2,1-6H3. The molecule has 0 saturated carbocycles. The zero-order valence-corrected chi connectivity index (χ0v) is 14.2. The molecule has 1 aromatic rings. The normalized spacial score (nSPS) is 13.6. The fraction of sp³-hybridized carbons (Fsp3) is 0.647. The monoisotopic (exact) mass is 295 g/mol. The van der Waals surface area contributed by atoms with E-state index in [4.69, 9.17) is 14.2 Å². The van der Waals surface area contributed by atoms with Crippen LogP contribution in [-0.2, 0) is 0 Å². The number of hydrogen-bond donors (Lipinski definition) is 1. The van der Waals surface area contributed by atoms with Crippen LogP contribution < -0.4 is 19.5 Å². The summed E-state index contributed by atoms with van der Waals surface area (Å²) in [5.41, 5.74) is 1.17. The van der Waals surface area contributed by atoms with E-state index < -0.39 is 0 Å². The van der Waals surface area contributed by atoms with Crippen LogP contribution in [0.2, 0.25) is 0 Å². The number of methoxy groups -OCH3 is 3. The van der Waals surface area contributed by atoms with Crippen LogP contribution in [0.5, 0.6) is 17.2 Å². The molecular formula is C17H29NO3. The van der Waals surface area contributed by atoms with E-state index in [9.17, 15) is 0 Å². The van der Waals surface area contributed by atoms with E-state index in [1.807, 2.05) is 12.1 Å². The van der Waals surface area contributed by atoms with Gasteiger partial charge in [0.2, 0.25) is 5.75 Å². The van der Waals surface area contributed by atoms with Crippen LogP contribution >= 0.6 is 0 Å². The van der Waals surface area contributed by atoms with Crippen LogP contribution in [-0.4, -0.2) is 27.9 Å². The van der Waals surface area contributed by atoms with Gasteiger partial charge in [-0.15, -0.1) is 0 Å². The van der Waals surface area contributed by atoms with Gasteiger partial charge in [-0.25, -0.2) is 0 Å². The van der Waals surface area contributed by atoms with Gasteiger partial charge in [-0.3, -0.25) is 0 Å². The van der Waals surface area contributed by atoms with Gasteiger partial charge in [-0.05, 0) is 36.6 Å². The Bertz CT molecular complexity index is 409. The molecule has 0 aromatic heterocycles. The third-order valence-electron chi connectivity index (χ3n) is 3.78. The first-order chi connectivity index (χ1) is 10.1. The molecule has 0 amide bonds. The summed E-state index contributed by atoms with van der Waals surface area (Å²) in [5, 5.41) is 3.57. The van der Waals surface area contributed by atoms with Gasteiger partial charge in [0, 0.05) is 6.04 Å². The number of ether oxygens (including phenoxy) is 3. The summed E-state index contributed by atoms with van der Waals surface area (Å²) in [4.78, 5) is 0. The van der Waals surface area contributed by atoms with Crippen molar-refractivity contribution in [2.45, 2.75) is 39.7 Å². The zero-order chi connectivity index (χ0) is 15.8. The summed E-state index contributed by atoms with van der Waals surface area (Å²) in [5.74, 6) is 2.59. The Morgan fingerprint density at radius 2 is 1.57 bits per heavy atom. The molecule has 120 valence electrons. The number of hydrogen-bond acceptors (Lipinski definition) is 4. The number of nitrogens with one attached hydrogen (secondary N) is 1. The average Bonchev–Trinajstić information content (AvgIpc) is 2.51. The molecule has 0 radical (unpaired) electrons. The minimum atomic E-state index is 0.281. The first-order valence-corrected chi connectivity index (χ1v) is 7.66. The van der Waals surface area contributed by atoms with E-state index in [0.717, 1.165) is 6.54 Å².